The molecule has 192 valence electrons. The predicted molar refractivity (Wildman–Crippen MR) is 125 cm³/mol. The molecule has 8 heteroatoms. The molecule has 0 aliphatic carbocycles. The minimum atomic E-state index is -4.44. The molecule has 1 aliphatic rings. The van der Waals surface area contributed by atoms with Gasteiger partial charge in [-0.15, -0.1) is 0 Å². The van der Waals surface area contributed by atoms with Gasteiger partial charge in [0.2, 0.25) is 0 Å². The number of aryl methyl sites for hydroxylation is 1. The molecule has 0 aromatic heterocycles. The molecule has 4 atom stereocenters. The van der Waals surface area contributed by atoms with E-state index in [0.29, 0.717) is 24.0 Å². The van der Waals surface area contributed by atoms with E-state index >= 15 is 0 Å². The molecule has 0 bridgehead atoms. The van der Waals surface area contributed by atoms with Crippen LogP contribution in [0.1, 0.15) is 67.1 Å². The summed E-state index contributed by atoms with van der Waals surface area (Å²) in [6.07, 6.45) is -3.88. The number of carbonyl (C=O) groups is 1. The predicted octanol–water partition coefficient (Wildman–Crippen LogP) is 6.33. The second kappa shape index (κ2) is 12.5. The summed E-state index contributed by atoms with van der Waals surface area (Å²) in [5.41, 5.74) is 0.992. The van der Waals surface area contributed by atoms with Crippen molar-refractivity contribution >= 4 is 5.97 Å². The summed E-state index contributed by atoms with van der Waals surface area (Å²) in [4.78, 5) is 12.6. The Morgan fingerprint density at radius 2 is 1.83 bits per heavy atom. The highest BCUT2D eigenvalue weighted by atomic mass is 19.4. The number of alkyl halides is 3. The molecule has 0 radical (unpaired) electrons. The highest BCUT2D eigenvalue weighted by molar-refractivity contribution is 5.89. The molecule has 0 amide bonds. The summed E-state index contributed by atoms with van der Waals surface area (Å²) < 4.78 is 63.5. The van der Waals surface area contributed by atoms with Crippen LogP contribution in [-0.2, 0) is 38.2 Å². The lowest BCUT2D eigenvalue weighted by Crippen LogP contribution is -2.51. The minimum Gasteiger partial charge on any atom is -0.456 e. The van der Waals surface area contributed by atoms with Crippen LogP contribution in [0.3, 0.4) is 0 Å². The van der Waals surface area contributed by atoms with E-state index < -0.39 is 42.3 Å². The van der Waals surface area contributed by atoms with Gasteiger partial charge in [-0.1, -0.05) is 51.0 Å². The third kappa shape index (κ3) is 7.53. The Bertz CT molecular complexity index is 948. The van der Waals surface area contributed by atoms with Gasteiger partial charge in [-0.3, -0.25) is 0 Å². The molecule has 1 aliphatic heterocycles. The summed E-state index contributed by atoms with van der Waals surface area (Å²) in [5.74, 6) is -0.484. The van der Waals surface area contributed by atoms with Gasteiger partial charge in [0, 0.05) is 0 Å². The summed E-state index contributed by atoms with van der Waals surface area (Å²) in [6.45, 7) is 5.85. The highest BCUT2D eigenvalue weighted by Gasteiger charge is 2.38. The van der Waals surface area contributed by atoms with Gasteiger partial charge in [0.1, 0.15) is 18.3 Å². The van der Waals surface area contributed by atoms with Gasteiger partial charge in [-0.2, -0.15) is 13.2 Å². The quantitative estimate of drug-likeness (QED) is 0.361. The first-order valence-electron chi connectivity index (χ1n) is 12.1. The fraction of sp³-hybridized carbons (Fsp3) is 0.519. The molecule has 1 fully saturated rings. The monoisotopic (exact) mass is 494 g/mol. The van der Waals surface area contributed by atoms with Crippen LogP contribution in [0.4, 0.5) is 13.2 Å². The van der Waals surface area contributed by atoms with Crippen LogP contribution in [0, 0.1) is 0 Å². The number of rotatable bonds is 10. The number of carbonyl (C=O) groups excluding carboxylic acids is 1. The van der Waals surface area contributed by atoms with E-state index in [1.54, 1.807) is 31.2 Å². The van der Waals surface area contributed by atoms with Crippen molar-refractivity contribution in [2.24, 2.45) is 0 Å². The third-order valence-corrected chi connectivity index (χ3v) is 5.92. The second-order valence-electron chi connectivity index (χ2n) is 8.71. The Hall–Kier alpha value is -2.42. The van der Waals surface area contributed by atoms with Crippen molar-refractivity contribution < 1.29 is 36.9 Å². The molecule has 1 unspecified atom stereocenters. The minimum absolute atomic E-state index is 0.0368. The number of halogens is 3. The zero-order chi connectivity index (χ0) is 25.4. The van der Waals surface area contributed by atoms with Crippen LogP contribution in [0.15, 0.2) is 48.5 Å². The van der Waals surface area contributed by atoms with Crippen LogP contribution < -0.4 is 0 Å². The summed E-state index contributed by atoms with van der Waals surface area (Å²) in [7, 11) is 0. The Kier molecular flexibility index (Phi) is 9.71. The van der Waals surface area contributed by atoms with E-state index in [0.717, 1.165) is 30.5 Å². The molecular formula is C27H33F3O5. The highest BCUT2D eigenvalue weighted by Crippen LogP contribution is 2.32. The van der Waals surface area contributed by atoms with Crippen LogP contribution in [0.25, 0.3) is 0 Å². The molecule has 0 N–H and O–H groups in total. The maximum Gasteiger partial charge on any atom is 0.416 e. The Morgan fingerprint density at radius 1 is 1.09 bits per heavy atom. The van der Waals surface area contributed by atoms with Crippen molar-refractivity contribution in [2.75, 3.05) is 6.61 Å². The van der Waals surface area contributed by atoms with Crippen molar-refractivity contribution in [3.05, 3.63) is 70.8 Å². The number of hydrogen-bond acceptors (Lipinski definition) is 5. The molecule has 2 aromatic rings. The molecule has 35 heavy (non-hydrogen) atoms. The van der Waals surface area contributed by atoms with Gasteiger partial charge < -0.3 is 18.9 Å². The Balaban J connectivity index is 1.75. The zero-order valence-corrected chi connectivity index (χ0v) is 20.3. The van der Waals surface area contributed by atoms with Gasteiger partial charge in [-0.25, -0.2) is 4.79 Å². The first-order chi connectivity index (χ1) is 16.7. The van der Waals surface area contributed by atoms with Crippen LogP contribution >= 0.6 is 0 Å². The summed E-state index contributed by atoms with van der Waals surface area (Å²) in [6, 6.07) is 12.4. The Labute approximate surface area is 204 Å². The van der Waals surface area contributed by atoms with Crippen LogP contribution in [0.5, 0.6) is 0 Å². The second-order valence-corrected chi connectivity index (χ2v) is 8.71. The van der Waals surface area contributed by atoms with Crippen molar-refractivity contribution in [3.63, 3.8) is 0 Å². The summed E-state index contributed by atoms with van der Waals surface area (Å²) >= 11 is 0. The molecule has 2 aromatic carbocycles. The Morgan fingerprint density at radius 3 is 2.49 bits per heavy atom. The van der Waals surface area contributed by atoms with Gasteiger partial charge in [0.25, 0.3) is 0 Å². The van der Waals surface area contributed by atoms with Crippen molar-refractivity contribution in [3.8, 4) is 0 Å². The molecule has 1 heterocycles. The van der Waals surface area contributed by atoms with Crippen LogP contribution in [0.2, 0.25) is 0 Å². The van der Waals surface area contributed by atoms with Gasteiger partial charge in [0.15, 0.2) is 6.29 Å². The average molecular weight is 495 g/mol. The van der Waals surface area contributed by atoms with E-state index in [2.05, 4.69) is 0 Å². The molecule has 1 saturated heterocycles. The number of benzene rings is 2. The molecule has 3 rings (SSSR count). The lowest BCUT2D eigenvalue weighted by atomic mass is 10.0. The third-order valence-electron chi connectivity index (χ3n) is 5.92. The van der Waals surface area contributed by atoms with Gasteiger partial charge in [-0.05, 0) is 55.2 Å². The van der Waals surface area contributed by atoms with E-state index in [-0.39, 0.29) is 13.2 Å². The molecule has 0 saturated carbocycles. The van der Waals surface area contributed by atoms with E-state index in [4.69, 9.17) is 18.9 Å². The van der Waals surface area contributed by atoms with Crippen molar-refractivity contribution in [1.82, 2.24) is 0 Å². The maximum atomic E-state index is 13.3. The maximum absolute atomic E-state index is 13.3. The average Bonchev–Trinajstić information content (AvgIpc) is 2.84. The normalized spacial score (nSPS) is 21.5. The first-order valence-corrected chi connectivity index (χ1v) is 12.1. The molecule has 5 nitrogen and oxygen atoms in total. The van der Waals surface area contributed by atoms with Crippen LogP contribution in [-0.4, -0.2) is 37.2 Å². The first kappa shape index (κ1) is 27.2. The fourth-order valence-electron chi connectivity index (χ4n) is 4.07. The SMILES string of the molecule is CCCc1ccc(C(F)(F)F)cc1CO[C@@H]1CO[C@H](CCC)O[C@@H]1C(C)OC(=O)c1ccccc1. The van der Waals surface area contributed by atoms with E-state index in [1.165, 1.54) is 6.07 Å². The largest absolute Gasteiger partial charge is 0.456 e. The number of esters is 1. The number of hydrogen-bond donors (Lipinski definition) is 0. The lowest BCUT2D eigenvalue weighted by Gasteiger charge is -2.39. The van der Waals surface area contributed by atoms with E-state index in [1.807, 2.05) is 19.9 Å². The van der Waals surface area contributed by atoms with Gasteiger partial charge >= 0.3 is 12.1 Å². The number of ether oxygens (including phenoxy) is 4. The fourth-order valence-corrected chi connectivity index (χ4v) is 4.07. The standard InChI is InChI=1S/C27H33F3O5/c1-4-9-19-13-14-22(27(28,29)30)15-21(19)16-32-23-17-33-24(10-5-2)35-25(23)18(3)34-26(31)20-11-7-6-8-12-20/h6-8,11-15,18,23-25H,4-5,9-10,16-17H2,1-3H3/t18?,23-,24+,25-/m1/s1. The molecular weight excluding hydrogens is 461 g/mol. The zero-order valence-electron chi connectivity index (χ0n) is 20.3. The van der Waals surface area contributed by atoms with Gasteiger partial charge in [0.05, 0.1) is 24.3 Å². The van der Waals surface area contributed by atoms with E-state index in [9.17, 15) is 18.0 Å². The summed E-state index contributed by atoms with van der Waals surface area (Å²) in [5, 5.41) is 0. The smallest absolute Gasteiger partial charge is 0.416 e. The van der Waals surface area contributed by atoms with Crippen molar-refractivity contribution in [1.29, 1.82) is 0 Å². The van der Waals surface area contributed by atoms with Crippen molar-refractivity contribution in [2.45, 2.75) is 83.8 Å². The topological polar surface area (TPSA) is 54.0 Å². The lowest BCUT2D eigenvalue weighted by molar-refractivity contribution is -0.280. The molecule has 0 spiro atoms.